The van der Waals surface area contributed by atoms with Crippen molar-refractivity contribution in [2.75, 3.05) is 0 Å². The van der Waals surface area contributed by atoms with E-state index in [1.165, 1.54) is 11.3 Å². The topological polar surface area (TPSA) is 47.6 Å². The van der Waals surface area contributed by atoms with Crippen molar-refractivity contribution in [3.05, 3.63) is 20.9 Å². The average molecular weight is 176 g/mol. The highest BCUT2D eigenvalue weighted by Gasteiger charge is 2.10. The lowest BCUT2D eigenvalue weighted by atomic mass is 10.1. The Kier molecular flexibility index (Phi) is 2.47. The van der Waals surface area contributed by atoms with Crippen LogP contribution in [0.3, 0.4) is 0 Å². The molecule has 0 spiro atoms. The Hall–Kier alpha value is -1.32. The smallest absolute Gasteiger partial charge is 0.110 e. The van der Waals surface area contributed by atoms with Crippen LogP contribution in [0.4, 0.5) is 0 Å². The molecule has 60 valence electrons. The Morgan fingerprint density at radius 3 is 2.42 bits per heavy atom. The van der Waals surface area contributed by atoms with Gasteiger partial charge in [0.25, 0.3) is 0 Å². The highest BCUT2D eigenvalue weighted by atomic mass is 32.1. The van der Waals surface area contributed by atoms with Crippen molar-refractivity contribution < 1.29 is 0 Å². The molecule has 0 amide bonds. The molecule has 0 aliphatic rings. The van der Waals surface area contributed by atoms with E-state index in [4.69, 9.17) is 10.5 Å². The van der Waals surface area contributed by atoms with Crippen LogP contribution in [0.25, 0.3) is 0 Å². The van der Waals surface area contributed by atoms with Crippen molar-refractivity contribution in [1.82, 2.24) is 0 Å². The fraction of sp³-hybridized carbons (Fsp3) is 0.333. The lowest BCUT2D eigenvalue weighted by Crippen LogP contribution is -1.84. The zero-order valence-corrected chi connectivity index (χ0v) is 7.83. The van der Waals surface area contributed by atoms with E-state index in [1.807, 2.05) is 13.8 Å². The summed E-state index contributed by atoms with van der Waals surface area (Å²) in [7, 11) is 0. The molecule has 0 bridgehead atoms. The Balaban J connectivity index is 3.23. The quantitative estimate of drug-likeness (QED) is 0.659. The van der Waals surface area contributed by atoms with Gasteiger partial charge in [-0.1, -0.05) is 0 Å². The van der Waals surface area contributed by atoms with Gasteiger partial charge in [0.1, 0.15) is 10.9 Å². The second-order valence-corrected chi connectivity index (χ2v) is 3.76. The van der Waals surface area contributed by atoms with Crippen LogP contribution < -0.4 is 0 Å². The first-order valence-corrected chi connectivity index (χ1v) is 4.38. The normalized spacial score (nSPS) is 9.00. The molecular formula is C9H8N2S. The third kappa shape index (κ3) is 1.32. The molecule has 1 heterocycles. The average Bonchev–Trinajstić information content (AvgIpc) is 2.32. The number of hydrogen-bond acceptors (Lipinski definition) is 3. The molecule has 1 rings (SSSR count). The zero-order valence-electron chi connectivity index (χ0n) is 7.01. The molecule has 0 unspecified atom stereocenters. The summed E-state index contributed by atoms with van der Waals surface area (Å²) >= 11 is 1.47. The fourth-order valence-corrected chi connectivity index (χ4v) is 2.11. The first-order chi connectivity index (χ1) is 5.70. The summed E-state index contributed by atoms with van der Waals surface area (Å²) in [6, 6.07) is 4.22. The first-order valence-electron chi connectivity index (χ1n) is 3.56. The molecule has 0 N–H and O–H groups in total. The maximum absolute atomic E-state index is 8.70. The van der Waals surface area contributed by atoms with Crippen LogP contribution in [-0.2, 0) is 6.42 Å². The SMILES string of the molecule is Cc1sc(C#N)c(C)c1CC#N. The molecule has 0 saturated carbocycles. The van der Waals surface area contributed by atoms with Gasteiger partial charge in [0.2, 0.25) is 0 Å². The molecule has 0 aliphatic carbocycles. The second kappa shape index (κ2) is 3.38. The summed E-state index contributed by atoms with van der Waals surface area (Å²) in [6.07, 6.45) is 0.413. The van der Waals surface area contributed by atoms with Gasteiger partial charge in [-0.25, -0.2) is 0 Å². The third-order valence-corrected chi connectivity index (χ3v) is 2.98. The Bertz CT molecular complexity index is 376. The summed E-state index contributed by atoms with van der Waals surface area (Å²) in [6.45, 7) is 3.85. The van der Waals surface area contributed by atoms with Gasteiger partial charge >= 0.3 is 0 Å². The molecular weight excluding hydrogens is 168 g/mol. The maximum atomic E-state index is 8.70. The van der Waals surface area contributed by atoms with Crippen molar-refractivity contribution in [2.45, 2.75) is 20.3 Å². The van der Waals surface area contributed by atoms with Crippen LogP contribution in [0.15, 0.2) is 0 Å². The van der Waals surface area contributed by atoms with E-state index in [-0.39, 0.29) is 0 Å². The largest absolute Gasteiger partial charge is 0.198 e. The molecule has 3 heteroatoms. The van der Waals surface area contributed by atoms with Crippen LogP contribution >= 0.6 is 11.3 Å². The number of hydrogen-bond donors (Lipinski definition) is 0. The monoisotopic (exact) mass is 176 g/mol. The van der Waals surface area contributed by atoms with Gasteiger partial charge in [0.15, 0.2) is 0 Å². The molecule has 0 aliphatic heterocycles. The van der Waals surface area contributed by atoms with Gasteiger partial charge in [-0.3, -0.25) is 0 Å². The van der Waals surface area contributed by atoms with E-state index < -0.39 is 0 Å². The lowest BCUT2D eigenvalue weighted by molar-refractivity contribution is 1.21. The molecule has 0 fully saturated rings. The molecule has 1 aromatic rings. The predicted octanol–water partition coefficient (Wildman–Crippen LogP) is 2.30. The number of nitrogens with zero attached hydrogens (tertiary/aromatic N) is 2. The van der Waals surface area contributed by atoms with E-state index in [2.05, 4.69) is 12.1 Å². The molecule has 2 nitrogen and oxygen atoms in total. The lowest BCUT2D eigenvalue weighted by Gasteiger charge is -1.92. The maximum Gasteiger partial charge on any atom is 0.110 e. The summed E-state index contributed by atoms with van der Waals surface area (Å²) in [4.78, 5) is 1.82. The van der Waals surface area contributed by atoms with Gasteiger partial charge in [0.05, 0.1) is 12.5 Å². The Labute approximate surface area is 75.7 Å². The molecule has 0 radical (unpaired) electrons. The number of aryl methyl sites for hydroxylation is 1. The summed E-state index contributed by atoms with van der Waals surface area (Å²) in [5, 5.41) is 17.2. The molecule has 12 heavy (non-hydrogen) atoms. The Morgan fingerprint density at radius 1 is 1.33 bits per heavy atom. The van der Waals surface area contributed by atoms with Crippen molar-refractivity contribution >= 4 is 11.3 Å². The first kappa shape index (κ1) is 8.77. The van der Waals surface area contributed by atoms with E-state index >= 15 is 0 Å². The minimum Gasteiger partial charge on any atom is -0.198 e. The van der Waals surface area contributed by atoms with E-state index in [9.17, 15) is 0 Å². The number of nitriles is 2. The number of thiophene rings is 1. The number of rotatable bonds is 1. The molecule has 0 atom stereocenters. The van der Waals surface area contributed by atoms with E-state index in [1.54, 1.807) is 0 Å². The third-order valence-electron chi connectivity index (χ3n) is 1.83. The highest BCUT2D eigenvalue weighted by Crippen LogP contribution is 2.26. The van der Waals surface area contributed by atoms with Crippen molar-refractivity contribution in [3.63, 3.8) is 0 Å². The van der Waals surface area contributed by atoms with Crippen LogP contribution in [0.5, 0.6) is 0 Å². The molecule has 0 saturated heterocycles. The molecule has 0 aromatic carbocycles. The summed E-state index contributed by atoms with van der Waals surface area (Å²) in [5.74, 6) is 0. The Morgan fingerprint density at radius 2 is 2.00 bits per heavy atom. The molecule has 1 aromatic heterocycles. The summed E-state index contributed by atoms with van der Waals surface area (Å²) in [5.41, 5.74) is 2.00. The van der Waals surface area contributed by atoms with Gasteiger partial charge in [0, 0.05) is 4.88 Å². The van der Waals surface area contributed by atoms with Crippen LogP contribution in [0.1, 0.15) is 20.9 Å². The minimum absolute atomic E-state index is 0.413. The van der Waals surface area contributed by atoms with Gasteiger partial charge in [-0.2, -0.15) is 10.5 Å². The van der Waals surface area contributed by atoms with Gasteiger partial charge in [-0.05, 0) is 25.0 Å². The van der Waals surface area contributed by atoms with Crippen molar-refractivity contribution in [3.8, 4) is 12.1 Å². The summed E-state index contributed by atoms with van der Waals surface area (Å²) < 4.78 is 0. The fourth-order valence-electron chi connectivity index (χ4n) is 1.14. The van der Waals surface area contributed by atoms with Crippen molar-refractivity contribution in [2.24, 2.45) is 0 Å². The minimum atomic E-state index is 0.413. The van der Waals surface area contributed by atoms with Crippen molar-refractivity contribution in [1.29, 1.82) is 10.5 Å². The van der Waals surface area contributed by atoms with Crippen LogP contribution in [0, 0.1) is 36.5 Å². The van der Waals surface area contributed by atoms with Crippen LogP contribution in [0.2, 0.25) is 0 Å². The predicted molar refractivity (Wildman–Crippen MR) is 47.8 cm³/mol. The zero-order chi connectivity index (χ0) is 9.14. The second-order valence-electron chi connectivity index (χ2n) is 2.54. The van der Waals surface area contributed by atoms with Crippen LogP contribution in [-0.4, -0.2) is 0 Å². The van der Waals surface area contributed by atoms with E-state index in [0.29, 0.717) is 6.42 Å². The van der Waals surface area contributed by atoms with Gasteiger partial charge < -0.3 is 0 Å². The highest BCUT2D eigenvalue weighted by molar-refractivity contribution is 7.12. The van der Waals surface area contributed by atoms with E-state index in [0.717, 1.165) is 20.9 Å². The standard InChI is InChI=1S/C9H8N2S/c1-6-8(3-4-10)7(2)12-9(6)5-11/h3H2,1-2H3. The van der Waals surface area contributed by atoms with Gasteiger partial charge in [-0.15, -0.1) is 11.3 Å².